The topological polar surface area (TPSA) is 55.8 Å². The number of halogens is 1. The molecule has 0 saturated carbocycles. The molecule has 0 atom stereocenters. The maximum absolute atomic E-state index is 10.4. The lowest BCUT2D eigenvalue weighted by Crippen LogP contribution is -1.92. The second-order valence-electron chi connectivity index (χ2n) is 2.90. The Morgan fingerprint density at radius 3 is 2.44 bits per heavy atom. The van der Waals surface area contributed by atoms with Crippen molar-refractivity contribution in [2.24, 2.45) is 0 Å². The molecule has 1 aromatic rings. The molecule has 0 radical (unpaired) electrons. The smallest absolute Gasteiger partial charge is 0.328 e. The van der Waals surface area contributed by atoms with Gasteiger partial charge < -0.3 is 14.6 Å². The molecule has 0 saturated heterocycles. The van der Waals surface area contributed by atoms with Crippen molar-refractivity contribution in [3.05, 3.63) is 28.2 Å². The Morgan fingerprint density at radius 1 is 1.31 bits per heavy atom. The summed E-state index contributed by atoms with van der Waals surface area (Å²) in [5.41, 5.74) is 0.664. The number of carboxylic acids is 1. The van der Waals surface area contributed by atoms with Crippen molar-refractivity contribution in [1.82, 2.24) is 0 Å². The molecule has 5 heteroatoms. The van der Waals surface area contributed by atoms with Crippen LogP contribution in [0.4, 0.5) is 0 Å². The minimum atomic E-state index is -1.01. The Balaban J connectivity index is 3.18. The lowest BCUT2D eigenvalue weighted by Gasteiger charge is -2.09. The van der Waals surface area contributed by atoms with Crippen molar-refractivity contribution in [3.63, 3.8) is 0 Å². The summed E-state index contributed by atoms with van der Waals surface area (Å²) < 4.78 is 11.0. The molecule has 0 bridgehead atoms. The number of methoxy groups -OCH3 is 2. The van der Waals surface area contributed by atoms with Gasteiger partial charge in [-0.1, -0.05) is 0 Å². The highest BCUT2D eigenvalue weighted by molar-refractivity contribution is 9.10. The molecule has 0 heterocycles. The lowest BCUT2D eigenvalue weighted by atomic mass is 10.1. The predicted octanol–water partition coefficient (Wildman–Crippen LogP) is 2.56. The molecule has 4 nitrogen and oxygen atoms in total. The van der Waals surface area contributed by atoms with Crippen molar-refractivity contribution < 1.29 is 19.4 Å². The van der Waals surface area contributed by atoms with Crippen LogP contribution in [0.2, 0.25) is 0 Å². The van der Waals surface area contributed by atoms with Crippen molar-refractivity contribution >= 4 is 28.0 Å². The largest absolute Gasteiger partial charge is 0.496 e. The number of rotatable bonds is 4. The van der Waals surface area contributed by atoms with Crippen LogP contribution in [0, 0.1) is 0 Å². The summed E-state index contributed by atoms with van der Waals surface area (Å²) in [5, 5.41) is 8.54. The summed E-state index contributed by atoms with van der Waals surface area (Å²) in [6.07, 6.45) is 2.52. The molecule has 0 fully saturated rings. The van der Waals surface area contributed by atoms with Crippen LogP contribution < -0.4 is 9.47 Å². The fraction of sp³-hybridized carbons (Fsp3) is 0.182. The molecule has 86 valence electrons. The third-order valence-corrected chi connectivity index (χ3v) is 2.53. The molecule has 0 aliphatic rings. The SMILES string of the molecule is COc1cc(OC)c(/C=C/C(=O)O)cc1Br. The van der Waals surface area contributed by atoms with Crippen LogP contribution in [0.5, 0.6) is 11.5 Å². The van der Waals surface area contributed by atoms with E-state index in [1.165, 1.54) is 13.2 Å². The van der Waals surface area contributed by atoms with Gasteiger partial charge in [0.1, 0.15) is 11.5 Å². The summed E-state index contributed by atoms with van der Waals surface area (Å²) in [7, 11) is 3.06. The first-order valence-corrected chi connectivity index (χ1v) is 5.20. The fourth-order valence-corrected chi connectivity index (χ4v) is 1.70. The summed E-state index contributed by atoms with van der Waals surface area (Å²) in [6, 6.07) is 3.42. The van der Waals surface area contributed by atoms with Gasteiger partial charge >= 0.3 is 5.97 Å². The van der Waals surface area contributed by atoms with Gasteiger partial charge in [0, 0.05) is 17.7 Å². The Morgan fingerprint density at radius 2 is 1.94 bits per heavy atom. The van der Waals surface area contributed by atoms with Crippen LogP contribution in [0.15, 0.2) is 22.7 Å². The zero-order valence-electron chi connectivity index (χ0n) is 8.86. The van der Waals surface area contributed by atoms with Gasteiger partial charge in [0.15, 0.2) is 0 Å². The number of hydrogen-bond acceptors (Lipinski definition) is 3. The number of carboxylic acid groups (broad SMARTS) is 1. The molecule has 1 aromatic carbocycles. The summed E-state index contributed by atoms with van der Waals surface area (Å²) in [6.45, 7) is 0. The van der Waals surface area contributed by atoms with Gasteiger partial charge in [0.25, 0.3) is 0 Å². The number of benzene rings is 1. The molecule has 0 aliphatic carbocycles. The van der Waals surface area contributed by atoms with Gasteiger partial charge in [0.05, 0.1) is 18.7 Å². The van der Waals surface area contributed by atoms with E-state index in [-0.39, 0.29) is 0 Å². The minimum absolute atomic E-state index is 0.553. The highest BCUT2D eigenvalue weighted by atomic mass is 79.9. The van der Waals surface area contributed by atoms with Gasteiger partial charge in [-0.15, -0.1) is 0 Å². The molecule has 1 N–H and O–H groups in total. The van der Waals surface area contributed by atoms with Gasteiger partial charge in [-0.2, -0.15) is 0 Å². The molecule has 16 heavy (non-hydrogen) atoms. The van der Waals surface area contributed by atoms with Crippen molar-refractivity contribution in [3.8, 4) is 11.5 Å². The van der Waals surface area contributed by atoms with Crippen molar-refractivity contribution in [2.75, 3.05) is 14.2 Å². The maximum Gasteiger partial charge on any atom is 0.328 e. The Hall–Kier alpha value is -1.49. The minimum Gasteiger partial charge on any atom is -0.496 e. The van der Waals surface area contributed by atoms with Crippen LogP contribution in [0.3, 0.4) is 0 Å². The number of aliphatic carboxylic acids is 1. The number of carbonyl (C=O) groups is 1. The summed E-state index contributed by atoms with van der Waals surface area (Å²) in [4.78, 5) is 10.4. The Labute approximate surface area is 102 Å². The molecule has 0 aliphatic heterocycles. The first-order valence-electron chi connectivity index (χ1n) is 4.41. The first-order chi connectivity index (χ1) is 7.58. The van der Waals surface area contributed by atoms with Crippen molar-refractivity contribution in [2.45, 2.75) is 0 Å². The van der Waals surface area contributed by atoms with Crippen LogP contribution in [-0.2, 0) is 4.79 Å². The van der Waals surface area contributed by atoms with E-state index in [1.807, 2.05) is 0 Å². The van der Waals surface area contributed by atoms with E-state index in [1.54, 1.807) is 19.2 Å². The zero-order valence-corrected chi connectivity index (χ0v) is 10.4. The molecule has 0 aromatic heterocycles. The van der Waals surface area contributed by atoms with Crippen molar-refractivity contribution in [1.29, 1.82) is 0 Å². The van der Waals surface area contributed by atoms with Gasteiger partial charge in [0.2, 0.25) is 0 Å². The first kappa shape index (κ1) is 12.6. The monoisotopic (exact) mass is 286 g/mol. The number of hydrogen-bond donors (Lipinski definition) is 1. The zero-order chi connectivity index (χ0) is 12.1. The summed E-state index contributed by atoms with van der Waals surface area (Å²) >= 11 is 3.32. The van der Waals surface area contributed by atoms with Crippen LogP contribution in [-0.4, -0.2) is 25.3 Å². The standard InChI is InChI=1S/C11H11BrO4/c1-15-9-6-10(16-2)8(12)5-7(9)3-4-11(13)14/h3-6H,1-2H3,(H,13,14)/b4-3+. The predicted molar refractivity (Wildman–Crippen MR) is 63.9 cm³/mol. The van der Waals surface area contributed by atoms with E-state index in [0.29, 0.717) is 17.1 Å². The van der Waals surface area contributed by atoms with E-state index in [0.717, 1.165) is 10.5 Å². The van der Waals surface area contributed by atoms with E-state index in [4.69, 9.17) is 14.6 Å². The molecule has 0 amide bonds. The van der Waals surface area contributed by atoms with Crippen LogP contribution >= 0.6 is 15.9 Å². The quantitative estimate of drug-likeness (QED) is 0.865. The van der Waals surface area contributed by atoms with Gasteiger partial charge in [-0.05, 0) is 28.1 Å². The average molecular weight is 287 g/mol. The third-order valence-electron chi connectivity index (χ3n) is 1.91. The number of ether oxygens (including phenoxy) is 2. The second kappa shape index (κ2) is 5.55. The molecule has 1 rings (SSSR count). The van der Waals surface area contributed by atoms with Crippen LogP contribution in [0.25, 0.3) is 6.08 Å². The van der Waals surface area contributed by atoms with Gasteiger partial charge in [-0.3, -0.25) is 0 Å². The van der Waals surface area contributed by atoms with E-state index >= 15 is 0 Å². The Kier molecular flexibility index (Phi) is 4.37. The summed E-state index contributed by atoms with van der Waals surface area (Å²) in [5.74, 6) is 0.177. The van der Waals surface area contributed by atoms with E-state index in [9.17, 15) is 4.79 Å². The van der Waals surface area contributed by atoms with Gasteiger partial charge in [-0.25, -0.2) is 4.79 Å². The maximum atomic E-state index is 10.4. The molecule has 0 spiro atoms. The van der Waals surface area contributed by atoms with E-state index in [2.05, 4.69) is 15.9 Å². The normalized spacial score (nSPS) is 10.4. The second-order valence-corrected chi connectivity index (χ2v) is 3.75. The highest BCUT2D eigenvalue weighted by Gasteiger charge is 2.07. The molecular formula is C11H11BrO4. The van der Waals surface area contributed by atoms with Crippen LogP contribution in [0.1, 0.15) is 5.56 Å². The Bertz CT molecular complexity index is 426. The fourth-order valence-electron chi connectivity index (χ4n) is 1.17. The molecule has 0 unspecified atom stereocenters. The molecular weight excluding hydrogens is 276 g/mol. The average Bonchev–Trinajstić information content (AvgIpc) is 2.26. The highest BCUT2D eigenvalue weighted by Crippen LogP contribution is 2.33. The lowest BCUT2D eigenvalue weighted by molar-refractivity contribution is -0.131. The third kappa shape index (κ3) is 3.00. The van der Waals surface area contributed by atoms with E-state index < -0.39 is 5.97 Å².